The smallest absolute Gasteiger partial charge is 0.236 e. The molecule has 0 radical (unpaired) electrons. The van der Waals surface area contributed by atoms with E-state index in [4.69, 9.17) is 0 Å². The first-order valence-electron chi connectivity index (χ1n) is 6.70. The number of hydrogen-bond acceptors (Lipinski definition) is 2. The van der Waals surface area contributed by atoms with Gasteiger partial charge in [-0.15, -0.1) is 0 Å². The molecule has 4 nitrogen and oxygen atoms in total. The number of H-pyrrole nitrogens is 1. The van der Waals surface area contributed by atoms with Crippen LogP contribution in [0.4, 0.5) is 10.2 Å². The summed E-state index contributed by atoms with van der Waals surface area (Å²) in [4.78, 5) is 12.6. The minimum atomic E-state index is -0.541. The van der Waals surface area contributed by atoms with E-state index in [9.17, 15) is 9.18 Å². The van der Waals surface area contributed by atoms with E-state index in [0.29, 0.717) is 5.82 Å². The molecule has 1 aromatic heterocycles. The molecular weight excluding hydrogens is 257 g/mol. The van der Waals surface area contributed by atoms with Gasteiger partial charge in [0, 0.05) is 11.8 Å². The Kier molecular flexibility index (Phi) is 3.04. The summed E-state index contributed by atoms with van der Waals surface area (Å²) >= 11 is 0. The number of carbonyl (C=O) groups excluding carboxylic acids is 1. The number of aromatic nitrogens is 2. The first-order valence-corrected chi connectivity index (χ1v) is 6.70. The molecule has 1 aromatic carbocycles. The highest BCUT2D eigenvalue weighted by atomic mass is 19.1. The van der Waals surface area contributed by atoms with E-state index in [1.165, 1.54) is 12.1 Å². The van der Waals surface area contributed by atoms with Crippen LogP contribution < -0.4 is 5.32 Å². The van der Waals surface area contributed by atoms with E-state index in [-0.39, 0.29) is 11.7 Å². The highest BCUT2D eigenvalue weighted by Crippen LogP contribution is 2.44. The fourth-order valence-electron chi connectivity index (χ4n) is 2.66. The van der Waals surface area contributed by atoms with Crippen LogP contribution >= 0.6 is 0 Å². The van der Waals surface area contributed by atoms with Gasteiger partial charge in [0.05, 0.1) is 5.41 Å². The Morgan fingerprint density at radius 2 is 2.05 bits per heavy atom. The molecule has 1 saturated carbocycles. The second-order valence-corrected chi connectivity index (χ2v) is 5.33. The molecule has 0 bridgehead atoms. The van der Waals surface area contributed by atoms with E-state index in [2.05, 4.69) is 15.5 Å². The fraction of sp³-hybridized carbons (Fsp3) is 0.333. The fourth-order valence-corrected chi connectivity index (χ4v) is 2.66. The van der Waals surface area contributed by atoms with Crippen molar-refractivity contribution in [3.05, 3.63) is 47.4 Å². The van der Waals surface area contributed by atoms with Gasteiger partial charge in [-0.1, -0.05) is 18.6 Å². The Morgan fingerprint density at radius 1 is 1.35 bits per heavy atom. The lowest BCUT2D eigenvalue weighted by Gasteiger charge is -2.40. The van der Waals surface area contributed by atoms with Crippen LogP contribution in [-0.2, 0) is 10.2 Å². The summed E-state index contributed by atoms with van der Waals surface area (Å²) in [6.07, 6.45) is 2.58. The molecule has 2 N–H and O–H groups in total. The van der Waals surface area contributed by atoms with Crippen molar-refractivity contribution >= 4 is 11.7 Å². The average Bonchev–Trinajstić information content (AvgIpc) is 2.76. The number of rotatable bonds is 3. The lowest BCUT2D eigenvalue weighted by Crippen LogP contribution is -2.46. The third kappa shape index (κ3) is 2.09. The van der Waals surface area contributed by atoms with Crippen molar-refractivity contribution in [1.29, 1.82) is 0 Å². The first kappa shape index (κ1) is 12.8. The Balaban J connectivity index is 1.85. The molecule has 1 heterocycles. The highest BCUT2D eigenvalue weighted by Gasteiger charge is 2.45. The number of amides is 1. The van der Waals surface area contributed by atoms with Gasteiger partial charge in [0.15, 0.2) is 5.82 Å². The molecule has 2 aromatic rings. The Hall–Kier alpha value is -2.17. The van der Waals surface area contributed by atoms with E-state index in [0.717, 1.165) is 30.5 Å². The van der Waals surface area contributed by atoms with Crippen molar-refractivity contribution in [3.63, 3.8) is 0 Å². The standard InChI is InChI=1S/C15H16FN3O/c1-10-9-13(19-18-10)17-14(20)15(7-2-8-15)11-3-5-12(16)6-4-11/h3-6,9H,2,7-8H2,1H3,(H2,17,18,19,20). The third-order valence-electron chi connectivity index (χ3n) is 3.99. The van der Waals surface area contributed by atoms with Gasteiger partial charge in [-0.25, -0.2) is 4.39 Å². The van der Waals surface area contributed by atoms with Crippen LogP contribution in [0.25, 0.3) is 0 Å². The van der Waals surface area contributed by atoms with Gasteiger partial charge in [0.1, 0.15) is 5.82 Å². The van der Waals surface area contributed by atoms with Gasteiger partial charge < -0.3 is 5.32 Å². The van der Waals surface area contributed by atoms with Crippen LogP contribution in [0.15, 0.2) is 30.3 Å². The van der Waals surface area contributed by atoms with Gasteiger partial charge >= 0.3 is 0 Å². The molecule has 0 saturated heterocycles. The average molecular weight is 273 g/mol. The van der Waals surface area contributed by atoms with Crippen LogP contribution in [0.1, 0.15) is 30.5 Å². The molecular formula is C15H16FN3O. The van der Waals surface area contributed by atoms with Crippen molar-refractivity contribution in [3.8, 4) is 0 Å². The van der Waals surface area contributed by atoms with Gasteiger partial charge in [-0.3, -0.25) is 9.89 Å². The predicted octanol–water partition coefficient (Wildman–Crippen LogP) is 2.92. The zero-order valence-electron chi connectivity index (χ0n) is 11.2. The highest BCUT2D eigenvalue weighted by molar-refractivity contribution is 5.99. The summed E-state index contributed by atoms with van der Waals surface area (Å²) in [6, 6.07) is 7.99. The van der Waals surface area contributed by atoms with Gasteiger partial charge in [-0.05, 0) is 37.5 Å². The Morgan fingerprint density at radius 3 is 2.55 bits per heavy atom. The van der Waals surface area contributed by atoms with Gasteiger partial charge in [0.25, 0.3) is 0 Å². The molecule has 1 fully saturated rings. The van der Waals surface area contributed by atoms with E-state index < -0.39 is 5.41 Å². The number of aromatic amines is 1. The summed E-state index contributed by atoms with van der Waals surface area (Å²) in [5.74, 6) is 0.175. The normalized spacial score (nSPS) is 16.5. The molecule has 20 heavy (non-hydrogen) atoms. The number of carbonyl (C=O) groups is 1. The van der Waals surface area contributed by atoms with Gasteiger partial charge in [-0.2, -0.15) is 5.10 Å². The summed E-state index contributed by atoms with van der Waals surface area (Å²) < 4.78 is 13.0. The minimum absolute atomic E-state index is 0.0677. The minimum Gasteiger partial charge on any atom is -0.308 e. The van der Waals surface area contributed by atoms with Crippen LogP contribution in [0, 0.1) is 12.7 Å². The van der Waals surface area contributed by atoms with Crippen molar-refractivity contribution in [2.75, 3.05) is 5.32 Å². The SMILES string of the molecule is Cc1cc(NC(=O)C2(c3ccc(F)cc3)CCC2)n[nH]1. The topological polar surface area (TPSA) is 57.8 Å². The molecule has 1 amide bonds. The third-order valence-corrected chi connectivity index (χ3v) is 3.99. The lowest BCUT2D eigenvalue weighted by atomic mass is 9.64. The summed E-state index contributed by atoms with van der Waals surface area (Å²) in [5, 5.41) is 9.66. The zero-order chi connectivity index (χ0) is 14.2. The molecule has 0 unspecified atom stereocenters. The molecule has 3 rings (SSSR count). The number of hydrogen-bond donors (Lipinski definition) is 2. The second-order valence-electron chi connectivity index (χ2n) is 5.33. The number of halogens is 1. The maximum atomic E-state index is 13.0. The van der Waals surface area contributed by atoms with Crippen LogP contribution in [0.3, 0.4) is 0 Å². The monoisotopic (exact) mass is 273 g/mol. The largest absolute Gasteiger partial charge is 0.308 e. The van der Waals surface area contributed by atoms with E-state index >= 15 is 0 Å². The van der Waals surface area contributed by atoms with Crippen molar-refractivity contribution in [2.45, 2.75) is 31.6 Å². The number of nitrogens with zero attached hydrogens (tertiary/aromatic N) is 1. The summed E-state index contributed by atoms with van der Waals surface area (Å²) in [7, 11) is 0. The maximum absolute atomic E-state index is 13.0. The predicted molar refractivity (Wildman–Crippen MR) is 73.9 cm³/mol. The van der Waals surface area contributed by atoms with Crippen molar-refractivity contribution < 1.29 is 9.18 Å². The molecule has 0 aliphatic heterocycles. The van der Waals surface area contributed by atoms with Crippen molar-refractivity contribution in [2.24, 2.45) is 0 Å². The Bertz CT molecular complexity index is 629. The van der Waals surface area contributed by atoms with E-state index in [1.54, 1.807) is 18.2 Å². The summed E-state index contributed by atoms with van der Waals surface area (Å²) in [5.41, 5.74) is 1.22. The van der Waals surface area contributed by atoms with Gasteiger partial charge in [0.2, 0.25) is 5.91 Å². The molecule has 1 aliphatic carbocycles. The molecule has 5 heteroatoms. The number of aryl methyl sites for hydroxylation is 1. The van der Waals surface area contributed by atoms with E-state index in [1.807, 2.05) is 6.92 Å². The number of anilines is 1. The second kappa shape index (κ2) is 4.74. The molecule has 104 valence electrons. The molecule has 0 atom stereocenters. The first-order chi connectivity index (χ1) is 9.60. The van der Waals surface area contributed by atoms with Crippen molar-refractivity contribution in [1.82, 2.24) is 10.2 Å². The van der Waals surface area contributed by atoms with Crippen LogP contribution in [0.2, 0.25) is 0 Å². The molecule has 1 aliphatic rings. The summed E-state index contributed by atoms with van der Waals surface area (Å²) in [6.45, 7) is 1.88. The van der Waals surface area contributed by atoms with Crippen LogP contribution in [-0.4, -0.2) is 16.1 Å². The quantitative estimate of drug-likeness (QED) is 0.903. The zero-order valence-corrected chi connectivity index (χ0v) is 11.2. The number of nitrogens with one attached hydrogen (secondary N) is 2. The molecule has 0 spiro atoms. The number of benzene rings is 1. The Labute approximate surface area is 116 Å². The van der Waals surface area contributed by atoms with Crippen LogP contribution in [0.5, 0.6) is 0 Å². The maximum Gasteiger partial charge on any atom is 0.236 e. The lowest BCUT2D eigenvalue weighted by molar-refractivity contribution is -0.124.